The largest absolute Gasteiger partial charge is 0.309 e. The second-order valence-corrected chi connectivity index (χ2v) is 17.2. The molecule has 9 aromatic carbocycles. The van der Waals surface area contributed by atoms with E-state index in [-0.39, 0.29) is 0 Å². The van der Waals surface area contributed by atoms with Crippen LogP contribution in [0.15, 0.2) is 243 Å². The normalized spacial score (nSPS) is 12.6. The lowest BCUT2D eigenvalue weighted by atomic mass is 9.84. The molecule has 1 unspecified atom stereocenters. The first-order chi connectivity index (χ1) is 28.6. The molecule has 0 aromatic heterocycles. The van der Waals surface area contributed by atoms with Gasteiger partial charge in [0.2, 0.25) is 0 Å². The van der Waals surface area contributed by atoms with E-state index in [9.17, 15) is 0 Å². The Morgan fingerprint density at radius 2 is 0.724 bits per heavy atom. The molecule has 0 saturated heterocycles. The number of rotatable bonds is 10. The highest BCUT2D eigenvalue weighted by atomic mass is 31.2. The van der Waals surface area contributed by atoms with Crippen molar-refractivity contribution in [1.82, 2.24) is 0 Å². The number of hydrogen-bond acceptors (Lipinski definition) is 1. The van der Waals surface area contributed by atoms with Gasteiger partial charge in [0.1, 0.15) is 0 Å². The molecule has 0 spiro atoms. The van der Waals surface area contributed by atoms with Gasteiger partial charge < -0.3 is 4.57 Å². The molecule has 1 atom stereocenters. The highest BCUT2D eigenvalue weighted by Gasteiger charge is 2.30. The SMILES string of the molecule is C=C/C=C(\C=C)P(=O)(c1ccccc1)c1ccc(-c2ccc3c(-c4ccc(-c5ccccc5)cc4)c4ccccc4c(-c4ccc(-c5ccccc5)cc4)c3c2)cc1. The van der Waals surface area contributed by atoms with Gasteiger partial charge in [0.05, 0.1) is 0 Å². The van der Waals surface area contributed by atoms with Crippen molar-refractivity contribution in [1.29, 1.82) is 0 Å². The third kappa shape index (κ3) is 6.66. The lowest BCUT2D eigenvalue weighted by Crippen LogP contribution is -2.17. The molecule has 0 aliphatic rings. The Labute approximate surface area is 341 Å². The van der Waals surface area contributed by atoms with Crippen LogP contribution in [0, 0.1) is 0 Å². The van der Waals surface area contributed by atoms with E-state index in [1.807, 2.05) is 48.5 Å². The fraction of sp³-hybridized carbons (Fsp3) is 0. The molecule has 0 N–H and O–H groups in total. The van der Waals surface area contributed by atoms with Crippen LogP contribution in [0.3, 0.4) is 0 Å². The van der Waals surface area contributed by atoms with Crippen LogP contribution in [0.2, 0.25) is 0 Å². The summed E-state index contributed by atoms with van der Waals surface area (Å²) in [5.74, 6) is 0. The van der Waals surface area contributed by atoms with Crippen molar-refractivity contribution in [2.75, 3.05) is 0 Å². The topological polar surface area (TPSA) is 17.1 Å². The zero-order valence-corrected chi connectivity index (χ0v) is 33.0. The van der Waals surface area contributed by atoms with Crippen LogP contribution in [0.25, 0.3) is 77.2 Å². The first-order valence-corrected chi connectivity index (χ1v) is 21.3. The Hall–Kier alpha value is -7.05. The second kappa shape index (κ2) is 15.8. The molecule has 0 fully saturated rings. The molecule has 0 aliphatic heterocycles. The molecule has 0 aliphatic carbocycles. The van der Waals surface area contributed by atoms with Crippen LogP contribution in [0.1, 0.15) is 0 Å². The number of allylic oxidation sites excluding steroid dienone is 4. The summed E-state index contributed by atoms with van der Waals surface area (Å²) in [7, 11) is -3.20. The number of benzene rings is 9. The molecule has 0 radical (unpaired) electrons. The fourth-order valence-corrected chi connectivity index (χ4v) is 10.9. The summed E-state index contributed by atoms with van der Waals surface area (Å²) in [5, 5.41) is 6.95. The van der Waals surface area contributed by atoms with Crippen molar-refractivity contribution in [3.63, 3.8) is 0 Å². The molecule has 9 aromatic rings. The zero-order valence-electron chi connectivity index (χ0n) is 32.1. The third-order valence-corrected chi connectivity index (χ3v) is 14.2. The summed E-state index contributed by atoms with van der Waals surface area (Å²) in [6.07, 6.45) is 5.18. The summed E-state index contributed by atoms with van der Waals surface area (Å²) in [6, 6.07) is 72.6. The zero-order chi connectivity index (χ0) is 39.5. The Morgan fingerprint density at radius 3 is 1.22 bits per heavy atom. The van der Waals surface area contributed by atoms with Crippen LogP contribution >= 0.6 is 7.14 Å². The maximum absolute atomic E-state index is 15.1. The average Bonchev–Trinajstić information content (AvgIpc) is 3.30. The van der Waals surface area contributed by atoms with Gasteiger partial charge >= 0.3 is 0 Å². The van der Waals surface area contributed by atoms with E-state index >= 15 is 4.57 Å². The van der Waals surface area contributed by atoms with Gasteiger partial charge in [-0.3, -0.25) is 0 Å². The van der Waals surface area contributed by atoms with Gasteiger partial charge in [-0.05, 0) is 83.2 Å². The second-order valence-electron chi connectivity index (χ2n) is 14.5. The van der Waals surface area contributed by atoms with Gasteiger partial charge in [-0.1, -0.05) is 232 Å². The van der Waals surface area contributed by atoms with E-state index in [1.165, 1.54) is 60.5 Å². The van der Waals surface area contributed by atoms with Gasteiger partial charge in [-0.15, -0.1) is 0 Å². The van der Waals surface area contributed by atoms with Gasteiger partial charge in [-0.2, -0.15) is 0 Å². The molecule has 0 amide bonds. The Balaban J connectivity index is 1.23. The van der Waals surface area contributed by atoms with Crippen molar-refractivity contribution < 1.29 is 4.57 Å². The van der Waals surface area contributed by atoms with E-state index in [1.54, 1.807) is 12.2 Å². The molecule has 0 saturated carbocycles. The minimum atomic E-state index is -3.20. The monoisotopic (exact) mass is 760 g/mol. The van der Waals surface area contributed by atoms with Gasteiger partial charge in [0, 0.05) is 15.9 Å². The minimum Gasteiger partial charge on any atom is -0.309 e. The van der Waals surface area contributed by atoms with E-state index in [0.29, 0.717) is 5.31 Å². The smallest absolute Gasteiger partial charge is 0.170 e. The summed E-state index contributed by atoms with van der Waals surface area (Å²) in [5.41, 5.74) is 11.7. The van der Waals surface area contributed by atoms with E-state index < -0.39 is 7.14 Å². The molecule has 0 heterocycles. The average molecular weight is 761 g/mol. The van der Waals surface area contributed by atoms with E-state index in [0.717, 1.165) is 27.3 Å². The van der Waals surface area contributed by atoms with Crippen LogP contribution in [0.4, 0.5) is 0 Å². The summed E-state index contributed by atoms with van der Waals surface area (Å²) < 4.78 is 15.1. The van der Waals surface area contributed by atoms with E-state index in [4.69, 9.17) is 0 Å². The van der Waals surface area contributed by atoms with Crippen molar-refractivity contribution in [3.8, 4) is 55.6 Å². The Bertz CT molecular complexity index is 3000. The molecular formula is C56H41OP. The van der Waals surface area contributed by atoms with Crippen molar-refractivity contribution in [3.05, 3.63) is 243 Å². The lowest BCUT2D eigenvalue weighted by Gasteiger charge is -2.21. The molecule has 2 heteroatoms. The number of fused-ring (bicyclic) bond motifs is 2. The summed E-state index contributed by atoms with van der Waals surface area (Å²) >= 11 is 0. The molecule has 9 rings (SSSR count). The predicted octanol–water partition coefficient (Wildman–Crippen LogP) is 14.9. The Morgan fingerprint density at radius 1 is 0.362 bits per heavy atom. The highest BCUT2D eigenvalue weighted by molar-refractivity contribution is 7.82. The van der Waals surface area contributed by atoms with Gasteiger partial charge in [0.25, 0.3) is 0 Å². The van der Waals surface area contributed by atoms with Crippen molar-refractivity contribution in [2.45, 2.75) is 0 Å². The van der Waals surface area contributed by atoms with Crippen LogP contribution in [-0.4, -0.2) is 0 Å². The van der Waals surface area contributed by atoms with Gasteiger partial charge in [-0.25, -0.2) is 0 Å². The molecular weight excluding hydrogens is 720 g/mol. The van der Waals surface area contributed by atoms with Crippen LogP contribution in [0.5, 0.6) is 0 Å². The minimum absolute atomic E-state index is 0.659. The van der Waals surface area contributed by atoms with Crippen molar-refractivity contribution in [2.24, 2.45) is 0 Å². The third-order valence-electron chi connectivity index (χ3n) is 11.1. The predicted molar refractivity (Wildman–Crippen MR) is 250 cm³/mol. The molecule has 1 nitrogen and oxygen atoms in total. The quantitative estimate of drug-likeness (QED) is 0.0771. The maximum Gasteiger partial charge on any atom is 0.170 e. The maximum atomic E-state index is 15.1. The molecule has 0 bridgehead atoms. The molecule has 276 valence electrons. The fourth-order valence-electron chi connectivity index (χ4n) is 8.27. The summed E-state index contributed by atoms with van der Waals surface area (Å²) in [4.78, 5) is 0. The van der Waals surface area contributed by atoms with Crippen LogP contribution < -0.4 is 10.6 Å². The standard InChI is InChI=1S/C56H41OP/c1-3-16-48(4-2)58(57,49-21-12-7-13-22-49)50-36-33-44(34-37-50)47-35-38-53-54(39-47)56(46-31-27-43(28-32-46)41-19-10-6-11-20-41)52-24-15-14-23-51(52)55(53)45-29-25-42(26-30-45)40-17-8-5-9-18-40/h3-39H,1-2H2/b48-16+. The van der Waals surface area contributed by atoms with Crippen molar-refractivity contribution >= 4 is 39.3 Å². The number of hydrogen-bond donors (Lipinski definition) is 0. The van der Waals surface area contributed by atoms with Gasteiger partial charge in [0.15, 0.2) is 7.14 Å². The molecule has 58 heavy (non-hydrogen) atoms. The summed E-state index contributed by atoms with van der Waals surface area (Å²) in [6.45, 7) is 7.91. The van der Waals surface area contributed by atoms with Crippen LogP contribution in [-0.2, 0) is 4.57 Å². The van der Waals surface area contributed by atoms with E-state index in [2.05, 4.69) is 177 Å². The lowest BCUT2D eigenvalue weighted by molar-refractivity contribution is 0.591. The first kappa shape index (κ1) is 36.6. The Kier molecular flexibility index (Phi) is 9.98. The highest BCUT2D eigenvalue weighted by Crippen LogP contribution is 2.52. The first-order valence-electron chi connectivity index (χ1n) is 19.6.